The van der Waals surface area contributed by atoms with Crippen molar-refractivity contribution in [2.45, 2.75) is 25.1 Å². The van der Waals surface area contributed by atoms with E-state index in [2.05, 4.69) is 20.9 Å². The Morgan fingerprint density at radius 2 is 1.89 bits per heavy atom. The standard InChI is InChI=1S/C17H13Cl2F3N4OS/c18-9-1-4-12(13(6-9)24-10-2-3-10)25-16(28)26-15(27)14-11(19)5-8(7-23-14)17(20,21)22/h1,4-7,10,24H,2-3H2,(H2,25,26,27,28). The van der Waals surface area contributed by atoms with Crippen molar-refractivity contribution < 1.29 is 18.0 Å². The zero-order chi connectivity index (χ0) is 20.5. The maximum absolute atomic E-state index is 12.7. The van der Waals surface area contributed by atoms with Crippen LogP contribution in [-0.4, -0.2) is 22.0 Å². The van der Waals surface area contributed by atoms with Gasteiger partial charge in [0.25, 0.3) is 5.91 Å². The molecule has 1 aliphatic carbocycles. The number of nitrogens with zero attached hydrogens (tertiary/aromatic N) is 1. The Hall–Kier alpha value is -2.10. The molecule has 0 unspecified atom stereocenters. The number of pyridine rings is 1. The minimum Gasteiger partial charge on any atom is -0.381 e. The number of aromatic nitrogens is 1. The van der Waals surface area contributed by atoms with E-state index in [1.165, 1.54) is 0 Å². The van der Waals surface area contributed by atoms with Crippen molar-refractivity contribution >= 4 is 57.8 Å². The summed E-state index contributed by atoms with van der Waals surface area (Å²) in [5, 5.41) is 8.52. The highest BCUT2D eigenvalue weighted by Crippen LogP contribution is 2.32. The summed E-state index contributed by atoms with van der Waals surface area (Å²) < 4.78 is 38.0. The molecule has 0 aliphatic heterocycles. The number of thiocarbonyl (C=S) groups is 1. The Balaban J connectivity index is 1.69. The number of hydrogen-bond donors (Lipinski definition) is 3. The molecule has 1 aliphatic rings. The average Bonchev–Trinajstić information content (AvgIpc) is 3.40. The fourth-order valence-corrected chi connectivity index (χ4v) is 2.90. The summed E-state index contributed by atoms with van der Waals surface area (Å²) >= 11 is 16.9. The fraction of sp³-hybridized carbons (Fsp3) is 0.235. The summed E-state index contributed by atoms with van der Waals surface area (Å²) in [6.07, 6.45) is -1.98. The molecule has 2 aromatic rings. The van der Waals surface area contributed by atoms with Gasteiger partial charge in [0.15, 0.2) is 5.11 Å². The van der Waals surface area contributed by atoms with E-state index in [4.69, 9.17) is 35.4 Å². The van der Waals surface area contributed by atoms with Crippen LogP contribution in [0.4, 0.5) is 24.5 Å². The van der Waals surface area contributed by atoms with Crippen molar-refractivity contribution in [3.63, 3.8) is 0 Å². The largest absolute Gasteiger partial charge is 0.417 e. The second-order valence-corrected chi connectivity index (χ2v) is 7.32. The normalized spacial score (nSPS) is 13.8. The lowest BCUT2D eigenvalue weighted by molar-refractivity contribution is -0.137. The Kier molecular flexibility index (Phi) is 5.97. The first-order valence-corrected chi connectivity index (χ1v) is 9.21. The van der Waals surface area contributed by atoms with Crippen LogP contribution in [0.2, 0.25) is 10.0 Å². The molecule has 1 heterocycles. The van der Waals surface area contributed by atoms with E-state index < -0.39 is 22.7 Å². The molecule has 0 saturated heterocycles. The summed E-state index contributed by atoms with van der Waals surface area (Å²) in [7, 11) is 0. The van der Waals surface area contributed by atoms with Crippen molar-refractivity contribution in [1.82, 2.24) is 10.3 Å². The van der Waals surface area contributed by atoms with Crippen LogP contribution in [0.15, 0.2) is 30.5 Å². The summed E-state index contributed by atoms with van der Waals surface area (Å²) in [5.41, 5.74) is -0.108. The summed E-state index contributed by atoms with van der Waals surface area (Å²) in [4.78, 5) is 15.8. The van der Waals surface area contributed by atoms with Gasteiger partial charge in [0.1, 0.15) is 5.69 Å². The maximum atomic E-state index is 12.7. The van der Waals surface area contributed by atoms with E-state index >= 15 is 0 Å². The molecule has 1 saturated carbocycles. The van der Waals surface area contributed by atoms with Gasteiger partial charge in [-0.3, -0.25) is 10.1 Å². The highest BCUT2D eigenvalue weighted by molar-refractivity contribution is 7.80. The molecule has 1 amide bonds. The SMILES string of the molecule is O=C(NC(=S)Nc1ccc(Cl)cc1NC1CC1)c1ncc(C(F)(F)F)cc1Cl. The summed E-state index contributed by atoms with van der Waals surface area (Å²) in [6, 6.07) is 6.06. The van der Waals surface area contributed by atoms with Crippen LogP contribution in [0.1, 0.15) is 28.9 Å². The third-order valence-corrected chi connectivity index (χ3v) is 4.50. The van der Waals surface area contributed by atoms with Gasteiger partial charge in [-0.2, -0.15) is 13.2 Å². The molecular weight excluding hydrogens is 436 g/mol. The Bertz CT molecular complexity index is 935. The van der Waals surface area contributed by atoms with Gasteiger partial charge < -0.3 is 10.6 Å². The summed E-state index contributed by atoms with van der Waals surface area (Å²) in [6.45, 7) is 0. The van der Waals surface area contributed by atoms with E-state index in [1.807, 2.05) is 0 Å². The molecule has 1 aromatic carbocycles. The molecule has 3 rings (SSSR count). The van der Waals surface area contributed by atoms with Gasteiger partial charge in [0.2, 0.25) is 0 Å². The molecule has 28 heavy (non-hydrogen) atoms. The minimum atomic E-state index is -4.61. The molecule has 0 radical (unpaired) electrons. The third-order valence-electron chi connectivity index (χ3n) is 3.78. The predicted octanol–water partition coefficient (Wildman–Crippen LogP) is 5.11. The molecule has 0 bridgehead atoms. The van der Waals surface area contributed by atoms with E-state index in [0.717, 1.165) is 18.5 Å². The minimum absolute atomic E-state index is 0.0658. The van der Waals surface area contributed by atoms with Crippen LogP contribution in [0.25, 0.3) is 0 Å². The Morgan fingerprint density at radius 3 is 2.50 bits per heavy atom. The number of rotatable bonds is 4. The highest BCUT2D eigenvalue weighted by Gasteiger charge is 2.32. The van der Waals surface area contributed by atoms with E-state index in [1.54, 1.807) is 18.2 Å². The van der Waals surface area contributed by atoms with Crippen LogP contribution in [0, 0.1) is 0 Å². The first kappa shape index (κ1) is 20.6. The molecule has 1 fully saturated rings. The molecule has 0 atom stereocenters. The smallest absolute Gasteiger partial charge is 0.381 e. The molecular formula is C17H13Cl2F3N4OS. The lowest BCUT2D eigenvalue weighted by Crippen LogP contribution is -2.35. The highest BCUT2D eigenvalue weighted by atomic mass is 35.5. The van der Waals surface area contributed by atoms with Gasteiger partial charge in [-0.05, 0) is 49.3 Å². The second kappa shape index (κ2) is 8.10. The molecule has 5 nitrogen and oxygen atoms in total. The Labute approximate surface area is 173 Å². The lowest BCUT2D eigenvalue weighted by Gasteiger charge is -2.15. The van der Waals surface area contributed by atoms with Crippen molar-refractivity contribution in [3.8, 4) is 0 Å². The van der Waals surface area contributed by atoms with Crippen LogP contribution in [0.3, 0.4) is 0 Å². The van der Waals surface area contributed by atoms with E-state index in [0.29, 0.717) is 29.0 Å². The van der Waals surface area contributed by atoms with Crippen molar-refractivity contribution in [3.05, 3.63) is 51.8 Å². The number of halogens is 5. The van der Waals surface area contributed by atoms with Crippen molar-refractivity contribution in [2.75, 3.05) is 10.6 Å². The van der Waals surface area contributed by atoms with Gasteiger partial charge in [-0.15, -0.1) is 0 Å². The topological polar surface area (TPSA) is 66.1 Å². The first-order chi connectivity index (χ1) is 13.1. The van der Waals surface area contributed by atoms with E-state index in [-0.39, 0.29) is 10.8 Å². The molecule has 1 aromatic heterocycles. The number of nitrogens with one attached hydrogen (secondary N) is 3. The molecule has 3 N–H and O–H groups in total. The maximum Gasteiger partial charge on any atom is 0.417 e. The number of anilines is 2. The second-order valence-electron chi connectivity index (χ2n) is 6.07. The van der Waals surface area contributed by atoms with Gasteiger partial charge in [-0.1, -0.05) is 23.2 Å². The van der Waals surface area contributed by atoms with Crippen molar-refractivity contribution in [1.29, 1.82) is 0 Å². The zero-order valence-corrected chi connectivity index (χ0v) is 16.4. The fourth-order valence-electron chi connectivity index (χ4n) is 2.27. The van der Waals surface area contributed by atoms with Gasteiger partial charge in [0.05, 0.1) is 22.0 Å². The van der Waals surface area contributed by atoms with E-state index in [9.17, 15) is 18.0 Å². The predicted molar refractivity (Wildman–Crippen MR) is 106 cm³/mol. The number of alkyl halides is 3. The summed E-state index contributed by atoms with van der Waals surface area (Å²) in [5.74, 6) is -0.832. The zero-order valence-electron chi connectivity index (χ0n) is 14.0. The Morgan fingerprint density at radius 1 is 1.18 bits per heavy atom. The number of amides is 1. The third kappa shape index (κ3) is 5.24. The molecule has 0 spiro atoms. The number of carbonyl (C=O) groups excluding carboxylic acids is 1. The number of benzene rings is 1. The van der Waals surface area contributed by atoms with Crippen molar-refractivity contribution in [2.24, 2.45) is 0 Å². The lowest BCUT2D eigenvalue weighted by atomic mass is 10.2. The monoisotopic (exact) mass is 448 g/mol. The van der Waals surface area contributed by atoms with Crippen LogP contribution in [-0.2, 0) is 6.18 Å². The molecule has 148 valence electrons. The quantitative estimate of drug-likeness (QED) is 0.567. The number of hydrogen-bond acceptors (Lipinski definition) is 4. The molecule has 11 heteroatoms. The van der Waals surface area contributed by atoms with Crippen LogP contribution < -0.4 is 16.0 Å². The average molecular weight is 449 g/mol. The van der Waals surface area contributed by atoms with Crippen LogP contribution >= 0.6 is 35.4 Å². The first-order valence-electron chi connectivity index (χ1n) is 8.04. The number of carbonyl (C=O) groups is 1. The van der Waals surface area contributed by atoms with Gasteiger partial charge in [0, 0.05) is 17.3 Å². The van der Waals surface area contributed by atoms with Gasteiger partial charge >= 0.3 is 6.18 Å². The van der Waals surface area contributed by atoms with Crippen LogP contribution in [0.5, 0.6) is 0 Å². The van der Waals surface area contributed by atoms with Gasteiger partial charge in [-0.25, -0.2) is 4.98 Å².